The van der Waals surface area contributed by atoms with Crippen LogP contribution in [-0.4, -0.2) is 4.98 Å². The molecule has 0 amide bonds. The molecule has 27 heavy (non-hydrogen) atoms. The number of nitriles is 2. The van der Waals surface area contributed by atoms with Crippen molar-refractivity contribution in [2.24, 2.45) is 0 Å². The molecule has 2 aromatic carbocycles. The van der Waals surface area contributed by atoms with E-state index in [-0.39, 0.29) is 22.5 Å². The van der Waals surface area contributed by atoms with E-state index in [0.717, 1.165) is 0 Å². The van der Waals surface area contributed by atoms with Gasteiger partial charge in [-0.1, -0.05) is 35.3 Å². The minimum absolute atomic E-state index is 0.0854. The number of benzene rings is 2. The lowest BCUT2D eigenvalue weighted by Gasteiger charge is -2.11. The molecule has 0 bridgehead atoms. The number of nitrogens with zero attached hydrogens (tertiary/aromatic N) is 2. The Morgan fingerprint density at radius 1 is 0.963 bits per heavy atom. The molecule has 0 unspecified atom stereocenters. The second kappa shape index (κ2) is 7.13. The molecule has 1 aromatic heterocycles. The maximum Gasteiger partial charge on any atom is 0.268 e. The molecule has 132 valence electrons. The van der Waals surface area contributed by atoms with Crippen molar-refractivity contribution in [2.75, 3.05) is 5.73 Å². The molecular weight excluding hydrogens is 390 g/mol. The summed E-state index contributed by atoms with van der Waals surface area (Å²) in [5.74, 6) is -0.969. The molecule has 0 saturated heterocycles. The lowest BCUT2D eigenvalue weighted by molar-refractivity contribution is 0.631. The minimum Gasteiger partial charge on any atom is -0.384 e. The Labute approximate surface area is 163 Å². The van der Waals surface area contributed by atoms with Gasteiger partial charge in [0.2, 0.25) is 0 Å². The number of anilines is 1. The van der Waals surface area contributed by atoms with E-state index >= 15 is 0 Å². The largest absolute Gasteiger partial charge is 0.384 e. The van der Waals surface area contributed by atoms with E-state index in [9.17, 15) is 19.7 Å². The summed E-state index contributed by atoms with van der Waals surface area (Å²) in [5, 5.41) is 19.4. The number of nitrogen functional groups attached to an aromatic ring is 1. The first-order chi connectivity index (χ1) is 12.8. The zero-order chi connectivity index (χ0) is 19.7. The van der Waals surface area contributed by atoms with Gasteiger partial charge in [-0.15, -0.1) is 0 Å². The number of aromatic amines is 1. The number of H-pyrrole nitrogens is 1. The average molecular weight is 399 g/mol. The zero-order valence-electron chi connectivity index (χ0n) is 13.5. The summed E-state index contributed by atoms with van der Waals surface area (Å²) in [5.41, 5.74) is 5.13. The summed E-state index contributed by atoms with van der Waals surface area (Å²) in [4.78, 5) is 14.2. The van der Waals surface area contributed by atoms with Gasteiger partial charge in [-0.25, -0.2) is 4.39 Å². The molecule has 0 aliphatic rings. The van der Waals surface area contributed by atoms with Gasteiger partial charge < -0.3 is 10.7 Å². The maximum absolute atomic E-state index is 14.9. The summed E-state index contributed by atoms with van der Waals surface area (Å²) < 4.78 is 14.9. The van der Waals surface area contributed by atoms with Crippen LogP contribution in [0.4, 0.5) is 10.2 Å². The van der Waals surface area contributed by atoms with Crippen LogP contribution in [0.1, 0.15) is 11.1 Å². The van der Waals surface area contributed by atoms with Crippen LogP contribution in [0.3, 0.4) is 0 Å². The number of hydrogen-bond donors (Lipinski definition) is 2. The van der Waals surface area contributed by atoms with E-state index in [4.69, 9.17) is 28.9 Å². The number of hydrogen-bond acceptors (Lipinski definition) is 4. The second-order valence-corrected chi connectivity index (χ2v) is 6.44. The highest BCUT2D eigenvalue weighted by molar-refractivity contribution is 6.35. The Hall–Kier alpha value is -3.32. The second-order valence-electron chi connectivity index (χ2n) is 5.57. The Balaban J connectivity index is 2.26. The van der Waals surface area contributed by atoms with Crippen LogP contribution in [0.25, 0.3) is 22.3 Å². The molecule has 0 aliphatic carbocycles. The van der Waals surface area contributed by atoms with Crippen LogP contribution >= 0.6 is 23.2 Å². The molecule has 0 aliphatic heterocycles. The molecule has 0 saturated carbocycles. The minimum atomic E-state index is -0.797. The van der Waals surface area contributed by atoms with Crippen molar-refractivity contribution in [1.82, 2.24) is 4.98 Å². The quantitative estimate of drug-likeness (QED) is 0.663. The van der Waals surface area contributed by atoms with Crippen LogP contribution in [0.15, 0.2) is 41.2 Å². The molecule has 0 atom stereocenters. The van der Waals surface area contributed by atoms with E-state index in [1.165, 1.54) is 12.1 Å². The fourth-order valence-corrected chi connectivity index (χ4v) is 3.26. The standard InChI is InChI=1S/C19H9Cl2FN4O/c20-11-3-10(4-12(21)6-11)9-1-2-13(16(22)5-9)17-14(7-23)18(25)26-19(27)15(17)8-24/h1-6H,(H3,25,26,27). The van der Waals surface area contributed by atoms with Gasteiger partial charge >= 0.3 is 0 Å². The highest BCUT2D eigenvalue weighted by Crippen LogP contribution is 2.34. The van der Waals surface area contributed by atoms with Crippen LogP contribution < -0.4 is 11.3 Å². The molecular formula is C19H9Cl2FN4O. The molecule has 3 rings (SSSR count). The van der Waals surface area contributed by atoms with Crippen LogP contribution in [0, 0.1) is 28.5 Å². The number of pyridine rings is 1. The van der Waals surface area contributed by atoms with Gasteiger partial charge in [0.1, 0.15) is 34.9 Å². The van der Waals surface area contributed by atoms with Crippen molar-refractivity contribution >= 4 is 29.0 Å². The van der Waals surface area contributed by atoms with E-state index in [1.807, 2.05) is 0 Å². The van der Waals surface area contributed by atoms with Crippen LogP contribution in [0.2, 0.25) is 10.0 Å². The van der Waals surface area contributed by atoms with E-state index in [1.54, 1.807) is 36.4 Å². The number of halogens is 3. The molecule has 5 nitrogen and oxygen atoms in total. The SMILES string of the molecule is N#Cc1c(N)[nH]c(=O)c(C#N)c1-c1ccc(-c2cc(Cl)cc(Cl)c2)cc1F. The van der Waals surface area contributed by atoms with Crippen molar-refractivity contribution in [1.29, 1.82) is 10.5 Å². The third-order valence-corrected chi connectivity index (χ3v) is 4.34. The van der Waals surface area contributed by atoms with Gasteiger partial charge in [0.25, 0.3) is 5.56 Å². The van der Waals surface area contributed by atoms with Gasteiger partial charge in [-0.05, 0) is 35.4 Å². The molecule has 0 fully saturated rings. The molecule has 3 N–H and O–H groups in total. The van der Waals surface area contributed by atoms with Crippen molar-refractivity contribution in [3.63, 3.8) is 0 Å². The highest BCUT2D eigenvalue weighted by atomic mass is 35.5. The van der Waals surface area contributed by atoms with E-state index in [2.05, 4.69) is 4.98 Å². The van der Waals surface area contributed by atoms with Gasteiger partial charge in [-0.3, -0.25) is 4.79 Å². The fraction of sp³-hybridized carbons (Fsp3) is 0. The summed E-state index contributed by atoms with van der Waals surface area (Å²) in [6.45, 7) is 0. The highest BCUT2D eigenvalue weighted by Gasteiger charge is 2.21. The molecule has 0 spiro atoms. The van der Waals surface area contributed by atoms with Gasteiger partial charge in [-0.2, -0.15) is 10.5 Å². The van der Waals surface area contributed by atoms with Crippen LogP contribution in [0.5, 0.6) is 0 Å². The van der Waals surface area contributed by atoms with Crippen LogP contribution in [-0.2, 0) is 0 Å². The van der Waals surface area contributed by atoms with Gasteiger partial charge in [0.05, 0.1) is 0 Å². The molecule has 1 heterocycles. The first-order valence-corrected chi connectivity index (χ1v) is 8.23. The molecule has 3 aromatic rings. The smallest absolute Gasteiger partial charge is 0.268 e. The lowest BCUT2D eigenvalue weighted by Crippen LogP contribution is -2.16. The summed E-state index contributed by atoms with van der Waals surface area (Å²) >= 11 is 12.0. The van der Waals surface area contributed by atoms with Gasteiger partial charge in [0, 0.05) is 21.2 Å². The molecule has 8 heteroatoms. The predicted octanol–water partition coefficient (Wildman–Crippen LogP) is 4.48. The maximum atomic E-state index is 14.9. The lowest BCUT2D eigenvalue weighted by atomic mass is 9.94. The average Bonchev–Trinajstić information content (AvgIpc) is 2.60. The van der Waals surface area contributed by atoms with Crippen molar-refractivity contribution in [2.45, 2.75) is 0 Å². The Kier molecular flexibility index (Phi) is 4.87. The monoisotopic (exact) mass is 398 g/mol. The van der Waals surface area contributed by atoms with Crippen molar-refractivity contribution in [3.05, 3.63) is 73.7 Å². The number of nitrogens with one attached hydrogen (secondary N) is 1. The number of rotatable bonds is 2. The predicted molar refractivity (Wildman–Crippen MR) is 102 cm³/mol. The first kappa shape index (κ1) is 18.5. The van der Waals surface area contributed by atoms with Gasteiger partial charge in [0.15, 0.2) is 0 Å². The first-order valence-electron chi connectivity index (χ1n) is 7.48. The summed E-state index contributed by atoms with van der Waals surface area (Å²) in [6.07, 6.45) is 0. The summed E-state index contributed by atoms with van der Waals surface area (Å²) in [6, 6.07) is 12.4. The topological polar surface area (TPSA) is 106 Å². The third-order valence-electron chi connectivity index (χ3n) is 3.90. The third kappa shape index (κ3) is 3.37. The number of aromatic nitrogens is 1. The van der Waals surface area contributed by atoms with Crippen molar-refractivity contribution < 1.29 is 4.39 Å². The Morgan fingerprint density at radius 3 is 2.15 bits per heavy atom. The Morgan fingerprint density at radius 2 is 1.59 bits per heavy atom. The normalized spacial score (nSPS) is 10.3. The molecule has 0 radical (unpaired) electrons. The Bertz CT molecular complexity index is 1200. The zero-order valence-corrected chi connectivity index (χ0v) is 15.0. The van der Waals surface area contributed by atoms with Crippen molar-refractivity contribution in [3.8, 4) is 34.4 Å². The summed E-state index contributed by atoms with van der Waals surface area (Å²) in [7, 11) is 0. The fourth-order valence-electron chi connectivity index (χ4n) is 2.73. The van der Waals surface area contributed by atoms with E-state index < -0.39 is 16.9 Å². The number of nitrogens with two attached hydrogens (primary N) is 1. The van der Waals surface area contributed by atoms with E-state index in [0.29, 0.717) is 21.2 Å².